The topological polar surface area (TPSA) is 24.9 Å². The van der Waals surface area contributed by atoms with E-state index in [-0.39, 0.29) is 0 Å². The molecular formula is C14H14N2. The third kappa shape index (κ3) is 1.72. The van der Waals surface area contributed by atoms with Crippen molar-refractivity contribution < 1.29 is 0 Å². The van der Waals surface area contributed by atoms with E-state index < -0.39 is 0 Å². The van der Waals surface area contributed by atoms with Crippen LogP contribution in [0.1, 0.15) is 22.7 Å². The Balaban J connectivity index is 1.89. The predicted octanol–water partition coefficient (Wildman–Crippen LogP) is 2.47. The third-order valence-corrected chi connectivity index (χ3v) is 3.17. The summed E-state index contributed by atoms with van der Waals surface area (Å²) in [6, 6.07) is 13.2. The molecule has 1 atom stereocenters. The van der Waals surface area contributed by atoms with Gasteiger partial charge in [0.1, 0.15) is 0 Å². The average Bonchev–Trinajstić information content (AvgIpc) is 2.39. The molecule has 80 valence electrons. The zero-order chi connectivity index (χ0) is 10.8. The Kier molecular flexibility index (Phi) is 2.43. The van der Waals surface area contributed by atoms with Crippen LogP contribution in [-0.2, 0) is 13.0 Å². The first-order chi connectivity index (χ1) is 7.93. The Morgan fingerprint density at radius 1 is 1.06 bits per heavy atom. The molecule has 1 aromatic heterocycles. The first kappa shape index (κ1) is 9.55. The second kappa shape index (κ2) is 4.06. The maximum atomic E-state index is 4.18. The van der Waals surface area contributed by atoms with Crippen molar-refractivity contribution in [3.05, 3.63) is 65.5 Å². The van der Waals surface area contributed by atoms with Crippen LogP contribution in [0.5, 0.6) is 0 Å². The van der Waals surface area contributed by atoms with E-state index in [9.17, 15) is 0 Å². The van der Waals surface area contributed by atoms with Gasteiger partial charge in [-0.2, -0.15) is 0 Å². The van der Waals surface area contributed by atoms with Gasteiger partial charge in [-0.1, -0.05) is 30.3 Å². The number of hydrogen-bond acceptors (Lipinski definition) is 2. The number of hydrogen-bond donors (Lipinski definition) is 1. The van der Waals surface area contributed by atoms with Gasteiger partial charge >= 0.3 is 0 Å². The highest BCUT2D eigenvalue weighted by Gasteiger charge is 2.18. The molecule has 0 spiro atoms. The van der Waals surface area contributed by atoms with Gasteiger partial charge in [-0.05, 0) is 29.2 Å². The summed E-state index contributed by atoms with van der Waals surface area (Å²) in [4.78, 5) is 4.18. The molecule has 0 radical (unpaired) electrons. The Hall–Kier alpha value is -1.67. The number of aromatic nitrogens is 1. The maximum absolute atomic E-state index is 4.18. The van der Waals surface area contributed by atoms with Gasteiger partial charge in [0.05, 0.1) is 0 Å². The second-order valence-electron chi connectivity index (χ2n) is 4.19. The van der Waals surface area contributed by atoms with Crippen molar-refractivity contribution in [3.63, 3.8) is 0 Å². The van der Waals surface area contributed by atoms with Crippen LogP contribution >= 0.6 is 0 Å². The van der Waals surface area contributed by atoms with Crippen LogP contribution < -0.4 is 5.32 Å². The van der Waals surface area contributed by atoms with E-state index in [1.54, 1.807) is 0 Å². The largest absolute Gasteiger partial charge is 0.305 e. The van der Waals surface area contributed by atoms with Crippen molar-refractivity contribution in [1.29, 1.82) is 0 Å². The Morgan fingerprint density at radius 3 is 2.75 bits per heavy atom. The first-order valence-corrected chi connectivity index (χ1v) is 5.63. The molecule has 2 nitrogen and oxygen atoms in total. The molecule has 1 aliphatic rings. The van der Waals surface area contributed by atoms with Crippen LogP contribution in [0.3, 0.4) is 0 Å². The zero-order valence-electron chi connectivity index (χ0n) is 9.06. The van der Waals surface area contributed by atoms with Gasteiger partial charge in [-0.25, -0.2) is 0 Å². The Morgan fingerprint density at radius 2 is 1.94 bits per heavy atom. The first-order valence-electron chi connectivity index (χ1n) is 5.63. The summed E-state index contributed by atoms with van der Waals surface area (Å²) >= 11 is 0. The molecule has 0 saturated carbocycles. The number of rotatable bonds is 1. The average molecular weight is 210 g/mol. The smallest absolute Gasteiger partial charge is 0.0379 e. The van der Waals surface area contributed by atoms with E-state index in [0.717, 1.165) is 13.0 Å². The molecule has 2 aromatic rings. The van der Waals surface area contributed by atoms with Gasteiger partial charge in [0.25, 0.3) is 0 Å². The van der Waals surface area contributed by atoms with E-state index in [2.05, 4.69) is 40.6 Å². The normalized spacial score (nSPS) is 19.1. The number of pyridine rings is 1. The summed E-state index contributed by atoms with van der Waals surface area (Å²) in [5.41, 5.74) is 4.15. The SMILES string of the molecule is c1cncc([C@H]2Cc3ccccc3CN2)c1. The van der Waals surface area contributed by atoms with E-state index >= 15 is 0 Å². The van der Waals surface area contributed by atoms with Crippen molar-refractivity contribution in [3.8, 4) is 0 Å². The van der Waals surface area contributed by atoms with Crippen molar-refractivity contribution in [2.24, 2.45) is 0 Å². The monoisotopic (exact) mass is 210 g/mol. The van der Waals surface area contributed by atoms with Gasteiger partial charge in [-0.15, -0.1) is 0 Å². The van der Waals surface area contributed by atoms with Crippen LogP contribution in [0.4, 0.5) is 0 Å². The lowest BCUT2D eigenvalue weighted by Crippen LogP contribution is -2.28. The lowest BCUT2D eigenvalue weighted by molar-refractivity contribution is 0.498. The van der Waals surface area contributed by atoms with E-state index in [1.165, 1.54) is 16.7 Å². The van der Waals surface area contributed by atoms with Gasteiger partial charge in [0.2, 0.25) is 0 Å². The molecule has 0 saturated heterocycles. The zero-order valence-corrected chi connectivity index (χ0v) is 9.06. The van der Waals surface area contributed by atoms with Crippen molar-refractivity contribution in [1.82, 2.24) is 10.3 Å². The van der Waals surface area contributed by atoms with Crippen LogP contribution in [0, 0.1) is 0 Å². The molecule has 0 unspecified atom stereocenters. The molecule has 0 aliphatic carbocycles. The minimum atomic E-state index is 0.406. The third-order valence-electron chi connectivity index (χ3n) is 3.17. The Bertz CT molecular complexity index is 479. The fourth-order valence-electron chi connectivity index (χ4n) is 2.27. The minimum absolute atomic E-state index is 0.406. The minimum Gasteiger partial charge on any atom is -0.305 e. The van der Waals surface area contributed by atoms with Gasteiger partial charge in [0, 0.05) is 25.0 Å². The van der Waals surface area contributed by atoms with E-state index in [1.807, 2.05) is 18.5 Å². The van der Waals surface area contributed by atoms with Crippen LogP contribution in [0.15, 0.2) is 48.8 Å². The van der Waals surface area contributed by atoms with Gasteiger partial charge in [0.15, 0.2) is 0 Å². The summed E-state index contributed by atoms with van der Waals surface area (Å²) in [7, 11) is 0. The molecular weight excluding hydrogens is 196 g/mol. The van der Waals surface area contributed by atoms with Crippen LogP contribution in [0.2, 0.25) is 0 Å². The maximum Gasteiger partial charge on any atom is 0.0379 e. The summed E-state index contributed by atoms with van der Waals surface area (Å²) < 4.78 is 0. The Labute approximate surface area is 95.3 Å². The molecule has 2 heteroatoms. The quantitative estimate of drug-likeness (QED) is 0.782. The number of nitrogens with one attached hydrogen (secondary N) is 1. The number of benzene rings is 1. The summed E-state index contributed by atoms with van der Waals surface area (Å²) in [6.07, 6.45) is 4.83. The van der Waals surface area contributed by atoms with Crippen molar-refractivity contribution >= 4 is 0 Å². The highest BCUT2D eigenvalue weighted by Crippen LogP contribution is 2.24. The highest BCUT2D eigenvalue weighted by molar-refractivity contribution is 5.32. The fourth-order valence-corrected chi connectivity index (χ4v) is 2.27. The van der Waals surface area contributed by atoms with Gasteiger partial charge < -0.3 is 5.32 Å². The van der Waals surface area contributed by atoms with Crippen LogP contribution in [-0.4, -0.2) is 4.98 Å². The molecule has 16 heavy (non-hydrogen) atoms. The molecule has 1 aromatic carbocycles. The number of nitrogens with zero attached hydrogens (tertiary/aromatic N) is 1. The second-order valence-corrected chi connectivity index (χ2v) is 4.19. The summed E-state index contributed by atoms with van der Waals surface area (Å²) in [5, 5.41) is 3.55. The summed E-state index contributed by atoms with van der Waals surface area (Å²) in [6.45, 7) is 0.954. The molecule has 2 heterocycles. The number of fused-ring (bicyclic) bond motifs is 1. The van der Waals surface area contributed by atoms with Crippen LogP contribution in [0.25, 0.3) is 0 Å². The van der Waals surface area contributed by atoms with Gasteiger partial charge in [-0.3, -0.25) is 4.98 Å². The molecule has 3 rings (SSSR count). The lowest BCUT2D eigenvalue weighted by Gasteiger charge is -2.26. The molecule has 0 bridgehead atoms. The van der Waals surface area contributed by atoms with E-state index in [0.29, 0.717) is 6.04 Å². The lowest BCUT2D eigenvalue weighted by atomic mass is 9.92. The standard InChI is InChI=1S/C14H14N2/c1-2-5-12-10-16-14(8-11(12)4-1)13-6-3-7-15-9-13/h1-7,9,14,16H,8,10H2/t14-/m1/s1. The molecule has 1 aliphatic heterocycles. The summed E-state index contributed by atoms with van der Waals surface area (Å²) in [5.74, 6) is 0. The fraction of sp³-hybridized carbons (Fsp3) is 0.214. The van der Waals surface area contributed by atoms with E-state index in [4.69, 9.17) is 0 Å². The van der Waals surface area contributed by atoms with Crippen molar-refractivity contribution in [2.45, 2.75) is 19.0 Å². The molecule has 1 N–H and O–H groups in total. The molecule has 0 fully saturated rings. The molecule has 0 amide bonds. The van der Waals surface area contributed by atoms with Crippen molar-refractivity contribution in [2.75, 3.05) is 0 Å². The predicted molar refractivity (Wildman–Crippen MR) is 64.0 cm³/mol. The highest BCUT2D eigenvalue weighted by atomic mass is 14.9.